The van der Waals surface area contributed by atoms with Crippen LogP contribution in [-0.4, -0.2) is 51.1 Å². The standard InChI is InChI=1S/C16H23ClN2O4S/c1-12-5-6-14(10-15(12)17)23-9-7-18-16(20)13-4-3-8-19(11-13)24(2,21)22/h5-6,10,13H,3-4,7-9,11H2,1-2H3,(H,18,20)/t13-/m0/s1. The number of hydrogen-bond acceptors (Lipinski definition) is 4. The van der Waals surface area contributed by atoms with Gasteiger partial charge >= 0.3 is 0 Å². The van der Waals surface area contributed by atoms with Crippen molar-refractivity contribution in [2.75, 3.05) is 32.5 Å². The first kappa shape index (κ1) is 19.0. The zero-order chi connectivity index (χ0) is 17.7. The predicted octanol–water partition coefficient (Wildman–Crippen LogP) is 1.82. The Bertz CT molecular complexity index is 693. The van der Waals surface area contributed by atoms with E-state index in [4.69, 9.17) is 16.3 Å². The SMILES string of the molecule is Cc1ccc(OCCNC(=O)[C@H]2CCCN(S(C)(=O)=O)C2)cc1Cl. The van der Waals surface area contributed by atoms with Crippen molar-refractivity contribution in [3.8, 4) is 5.75 Å². The van der Waals surface area contributed by atoms with Crippen LogP contribution in [0.3, 0.4) is 0 Å². The lowest BCUT2D eigenvalue weighted by molar-refractivity contribution is -0.126. The van der Waals surface area contributed by atoms with Crippen molar-refractivity contribution in [1.82, 2.24) is 9.62 Å². The second-order valence-corrected chi connectivity index (χ2v) is 8.40. The maximum Gasteiger partial charge on any atom is 0.224 e. The lowest BCUT2D eigenvalue weighted by Gasteiger charge is -2.30. The Morgan fingerprint density at radius 3 is 2.88 bits per heavy atom. The summed E-state index contributed by atoms with van der Waals surface area (Å²) >= 11 is 6.03. The number of hydrogen-bond donors (Lipinski definition) is 1. The van der Waals surface area contributed by atoms with Crippen molar-refractivity contribution < 1.29 is 17.9 Å². The number of ether oxygens (including phenoxy) is 1. The molecule has 0 bridgehead atoms. The molecule has 0 spiro atoms. The minimum atomic E-state index is -3.25. The molecule has 1 N–H and O–H groups in total. The highest BCUT2D eigenvalue weighted by atomic mass is 35.5. The molecular formula is C16H23ClN2O4S. The Morgan fingerprint density at radius 1 is 1.46 bits per heavy atom. The maximum atomic E-state index is 12.2. The number of carbonyl (C=O) groups excluding carboxylic acids is 1. The normalized spacial score (nSPS) is 19.0. The van der Waals surface area contributed by atoms with Gasteiger partial charge in [0.05, 0.1) is 18.7 Å². The van der Waals surface area contributed by atoms with Crippen molar-refractivity contribution in [3.05, 3.63) is 28.8 Å². The molecule has 1 atom stereocenters. The van der Waals surface area contributed by atoms with Gasteiger partial charge in [0.15, 0.2) is 0 Å². The Balaban J connectivity index is 1.75. The van der Waals surface area contributed by atoms with E-state index in [-0.39, 0.29) is 18.4 Å². The lowest BCUT2D eigenvalue weighted by atomic mass is 9.99. The largest absolute Gasteiger partial charge is 0.492 e. The summed E-state index contributed by atoms with van der Waals surface area (Å²) in [6.45, 7) is 3.34. The van der Waals surface area contributed by atoms with Crippen molar-refractivity contribution in [2.24, 2.45) is 5.92 Å². The summed E-state index contributed by atoms with van der Waals surface area (Å²) in [4.78, 5) is 12.2. The fraction of sp³-hybridized carbons (Fsp3) is 0.562. The highest BCUT2D eigenvalue weighted by Gasteiger charge is 2.29. The van der Waals surface area contributed by atoms with Gasteiger partial charge in [0.1, 0.15) is 12.4 Å². The number of amides is 1. The summed E-state index contributed by atoms with van der Waals surface area (Å²) in [6, 6.07) is 5.44. The van der Waals surface area contributed by atoms with Crippen LogP contribution in [0.4, 0.5) is 0 Å². The number of carbonyl (C=O) groups is 1. The summed E-state index contributed by atoms with van der Waals surface area (Å²) < 4.78 is 30.1. The van der Waals surface area contributed by atoms with Gasteiger partial charge in [0.2, 0.25) is 15.9 Å². The fourth-order valence-corrected chi connectivity index (χ4v) is 3.69. The maximum absolute atomic E-state index is 12.2. The molecule has 6 nitrogen and oxygen atoms in total. The van der Waals surface area contributed by atoms with E-state index in [1.165, 1.54) is 10.6 Å². The van der Waals surface area contributed by atoms with Crippen LogP contribution in [0.5, 0.6) is 5.75 Å². The number of aryl methyl sites for hydroxylation is 1. The molecule has 1 aromatic rings. The molecule has 24 heavy (non-hydrogen) atoms. The zero-order valence-electron chi connectivity index (χ0n) is 13.9. The van der Waals surface area contributed by atoms with Crippen molar-refractivity contribution in [1.29, 1.82) is 0 Å². The molecule has 2 rings (SSSR count). The summed E-state index contributed by atoms with van der Waals surface area (Å²) in [5.74, 6) is 0.219. The van der Waals surface area contributed by atoms with Crippen LogP contribution in [0.2, 0.25) is 5.02 Å². The van der Waals surface area contributed by atoms with E-state index in [0.29, 0.717) is 43.3 Å². The third kappa shape index (κ3) is 5.36. The van der Waals surface area contributed by atoms with Crippen molar-refractivity contribution in [3.63, 3.8) is 0 Å². The number of nitrogens with zero attached hydrogens (tertiary/aromatic N) is 1. The Labute approximate surface area is 148 Å². The van der Waals surface area contributed by atoms with Crippen LogP contribution >= 0.6 is 11.6 Å². The van der Waals surface area contributed by atoms with E-state index in [1.54, 1.807) is 6.07 Å². The number of benzene rings is 1. The second kappa shape index (κ2) is 8.18. The minimum absolute atomic E-state index is 0.131. The number of piperidine rings is 1. The van der Waals surface area contributed by atoms with Gasteiger partial charge in [0.25, 0.3) is 0 Å². The quantitative estimate of drug-likeness (QED) is 0.770. The average molecular weight is 375 g/mol. The van der Waals surface area contributed by atoms with E-state index in [1.807, 2.05) is 19.1 Å². The molecule has 1 amide bonds. The van der Waals surface area contributed by atoms with E-state index in [2.05, 4.69) is 5.32 Å². The van der Waals surface area contributed by atoms with E-state index < -0.39 is 10.0 Å². The van der Waals surface area contributed by atoms with Gasteiger partial charge in [-0.3, -0.25) is 4.79 Å². The third-order valence-corrected chi connectivity index (χ3v) is 5.71. The van der Waals surface area contributed by atoms with Crippen LogP contribution in [0, 0.1) is 12.8 Å². The molecule has 0 aliphatic carbocycles. The van der Waals surface area contributed by atoms with Crippen LogP contribution in [0.25, 0.3) is 0 Å². The topological polar surface area (TPSA) is 75.7 Å². The molecule has 0 radical (unpaired) electrons. The van der Waals surface area contributed by atoms with E-state index >= 15 is 0 Å². The van der Waals surface area contributed by atoms with Crippen LogP contribution in [0.1, 0.15) is 18.4 Å². The van der Waals surface area contributed by atoms with Gasteiger partial charge in [-0.25, -0.2) is 12.7 Å². The van der Waals surface area contributed by atoms with Crippen LogP contribution < -0.4 is 10.1 Å². The molecular weight excluding hydrogens is 352 g/mol. The smallest absolute Gasteiger partial charge is 0.224 e. The molecule has 1 aromatic carbocycles. The van der Waals surface area contributed by atoms with Crippen molar-refractivity contribution in [2.45, 2.75) is 19.8 Å². The van der Waals surface area contributed by atoms with Gasteiger partial charge in [-0.15, -0.1) is 0 Å². The molecule has 0 aromatic heterocycles. The first-order chi connectivity index (χ1) is 11.3. The summed E-state index contributed by atoms with van der Waals surface area (Å²) in [5.41, 5.74) is 0.977. The first-order valence-corrected chi connectivity index (χ1v) is 10.1. The molecule has 134 valence electrons. The Kier molecular flexibility index (Phi) is 6.48. The van der Waals surface area contributed by atoms with Gasteiger partial charge < -0.3 is 10.1 Å². The summed E-state index contributed by atoms with van der Waals surface area (Å²) in [5, 5.41) is 3.44. The molecule has 8 heteroatoms. The number of sulfonamides is 1. The van der Waals surface area contributed by atoms with Gasteiger partial charge in [-0.2, -0.15) is 0 Å². The van der Waals surface area contributed by atoms with E-state index in [0.717, 1.165) is 5.56 Å². The van der Waals surface area contributed by atoms with Gasteiger partial charge in [0, 0.05) is 18.1 Å². The monoisotopic (exact) mass is 374 g/mol. The van der Waals surface area contributed by atoms with E-state index in [9.17, 15) is 13.2 Å². The number of halogens is 1. The molecule has 1 aliphatic rings. The number of nitrogens with one attached hydrogen (secondary N) is 1. The molecule has 0 unspecified atom stereocenters. The highest BCUT2D eigenvalue weighted by molar-refractivity contribution is 7.88. The first-order valence-electron chi connectivity index (χ1n) is 7.89. The van der Waals surface area contributed by atoms with Crippen LogP contribution in [0.15, 0.2) is 18.2 Å². The predicted molar refractivity (Wildman–Crippen MR) is 93.8 cm³/mol. The Hall–Kier alpha value is -1.31. The highest BCUT2D eigenvalue weighted by Crippen LogP contribution is 2.21. The van der Waals surface area contributed by atoms with Gasteiger partial charge in [-0.05, 0) is 37.5 Å². The van der Waals surface area contributed by atoms with Crippen molar-refractivity contribution >= 4 is 27.5 Å². The lowest BCUT2D eigenvalue weighted by Crippen LogP contribution is -2.45. The molecule has 0 saturated carbocycles. The molecule has 1 saturated heterocycles. The molecule has 1 fully saturated rings. The van der Waals surface area contributed by atoms with Crippen LogP contribution in [-0.2, 0) is 14.8 Å². The average Bonchev–Trinajstić information content (AvgIpc) is 2.54. The second-order valence-electron chi connectivity index (χ2n) is 6.01. The zero-order valence-corrected chi connectivity index (χ0v) is 15.5. The minimum Gasteiger partial charge on any atom is -0.492 e. The summed E-state index contributed by atoms with van der Waals surface area (Å²) in [7, 11) is -3.25. The molecule has 1 heterocycles. The third-order valence-electron chi connectivity index (χ3n) is 4.04. The number of rotatable bonds is 6. The van der Waals surface area contributed by atoms with Gasteiger partial charge in [-0.1, -0.05) is 17.7 Å². The Morgan fingerprint density at radius 2 is 2.21 bits per heavy atom. The fourth-order valence-electron chi connectivity index (χ4n) is 2.61. The molecule has 1 aliphatic heterocycles. The summed E-state index contributed by atoms with van der Waals surface area (Å²) in [6.07, 6.45) is 2.57.